The summed E-state index contributed by atoms with van der Waals surface area (Å²) in [6, 6.07) is 0. The van der Waals surface area contributed by atoms with E-state index in [2.05, 4.69) is 11.1 Å². The first kappa shape index (κ1) is 8.60. The lowest BCUT2D eigenvalue weighted by Crippen LogP contribution is -1.93. The van der Waals surface area contributed by atoms with Gasteiger partial charge in [0, 0.05) is 4.57 Å². The first-order valence-electron chi connectivity index (χ1n) is 2.58. The quantitative estimate of drug-likeness (QED) is 0.454. The Morgan fingerprint density at radius 3 is 2.56 bits per heavy atom. The fourth-order valence-corrected chi connectivity index (χ4v) is 0.774. The molecule has 0 aliphatic rings. The van der Waals surface area contributed by atoms with Gasteiger partial charge in [0.25, 0.3) is 0 Å². The van der Waals surface area contributed by atoms with Gasteiger partial charge in [0.2, 0.25) is 0 Å². The van der Waals surface area contributed by atoms with E-state index in [-0.39, 0.29) is 6.10 Å². The molecule has 0 bridgehead atoms. The Labute approximate surface area is 55.6 Å². The van der Waals surface area contributed by atoms with Crippen molar-refractivity contribution >= 4 is 8.25 Å². The summed E-state index contributed by atoms with van der Waals surface area (Å²) in [5.74, 6) is 0. The maximum Gasteiger partial charge on any atom is 0.749 e. The topological polar surface area (TPSA) is 35.5 Å². The lowest BCUT2D eigenvalue weighted by atomic mass is 10.5. The smallest absolute Gasteiger partial charge is 0.238 e. The Kier molecular flexibility index (Phi) is 4.28. The zero-order valence-electron chi connectivity index (χ0n) is 5.53. The molecular weight excluding hydrogens is 139 g/mol. The number of hydrogen-bond acceptors (Lipinski definition) is 3. The Balaban J connectivity index is 3.38. The van der Waals surface area contributed by atoms with Crippen molar-refractivity contribution in [3.05, 3.63) is 12.8 Å². The van der Waals surface area contributed by atoms with Gasteiger partial charge in [-0.15, -0.1) is 4.52 Å². The van der Waals surface area contributed by atoms with Gasteiger partial charge in [-0.2, -0.15) is 0 Å². The van der Waals surface area contributed by atoms with Crippen LogP contribution in [-0.2, 0) is 13.6 Å². The Morgan fingerprint density at radius 2 is 2.22 bits per heavy atom. The molecule has 4 heteroatoms. The second-order valence-corrected chi connectivity index (χ2v) is 2.52. The first-order valence-corrected chi connectivity index (χ1v) is 3.68. The van der Waals surface area contributed by atoms with Crippen molar-refractivity contribution in [2.45, 2.75) is 20.0 Å². The molecule has 9 heavy (non-hydrogen) atoms. The minimum absolute atomic E-state index is 0.0754. The van der Waals surface area contributed by atoms with Crippen molar-refractivity contribution in [2.75, 3.05) is 0 Å². The van der Waals surface area contributed by atoms with Gasteiger partial charge in [-0.1, -0.05) is 6.58 Å². The molecule has 52 valence electrons. The summed E-state index contributed by atoms with van der Waals surface area (Å²) in [5, 5.41) is 0. The van der Waals surface area contributed by atoms with Crippen LogP contribution in [0.2, 0.25) is 0 Å². The maximum atomic E-state index is 10.5. The zero-order valence-corrected chi connectivity index (χ0v) is 6.43. The lowest BCUT2D eigenvalue weighted by Gasteiger charge is -1.89. The normalized spacial score (nSPS) is 11.2. The predicted molar refractivity (Wildman–Crippen MR) is 35.1 cm³/mol. The molecule has 0 N–H and O–H groups in total. The minimum atomic E-state index is -1.99. The zero-order chi connectivity index (χ0) is 7.28. The highest BCUT2D eigenvalue weighted by Gasteiger charge is 2.20. The highest BCUT2D eigenvalue weighted by molar-refractivity contribution is 7.33. The van der Waals surface area contributed by atoms with Crippen molar-refractivity contribution in [3.63, 3.8) is 0 Å². The molecule has 3 nitrogen and oxygen atoms in total. The van der Waals surface area contributed by atoms with Crippen LogP contribution in [0.1, 0.15) is 13.8 Å². The van der Waals surface area contributed by atoms with Crippen molar-refractivity contribution in [1.82, 2.24) is 0 Å². The van der Waals surface area contributed by atoms with E-state index >= 15 is 0 Å². The van der Waals surface area contributed by atoms with E-state index in [0.717, 1.165) is 6.26 Å². The molecule has 0 radical (unpaired) electrons. The van der Waals surface area contributed by atoms with Crippen molar-refractivity contribution in [3.8, 4) is 0 Å². The third-order valence-corrected chi connectivity index (χ3v) is 1.37. The van der Waals surface area contributed by atoms with Gasteiger partial charge in [0.15, 0.2) is 0 Å². The van der Waals surface area contributed by atoms with E-state index in [4.69, 9.17) is 4.52 Å². The molecule has 0 heterocycles. The average Bonchev–Trinajstić information content (AvgIpc) is 1.63. The fraction of sp³-hybridized carbons (Fsp3) is 0.600. The highest BCUT2D eigenvalue weighted by Crippen LogP contribution is 2.25. The molecule has 0 aromatic rings. The SMILES string of the molecule is C=CO[P+](=O)OC(C)C. The molecule has 0 saturated carbocycles. The molecular formula is C5H10O3P+. The molecule has 0 aliphatic heterocycles. The van der Waals surface area contributed by atoms with Gasteiger partial charge in [0.1, 0.15) is 12.4 Å². The van der Waals surface area contributed by atoms with Crippen LogP contribution in [0.15, 0.2) is 12.8 Å². The summed E-state index contributed by atoms with van der Waals surface area (Å²) in [5.41, 5.74) is 0. The van der Waals surface area contributed by atoms with Crippen molar-refractivity contribution < 1.29 is 13.6 Å². The molecule has 0 amide bonds. The second kappa shape index (κ2) is 4.48. The van der Waals surface area contributed by atoms with Crippen LogP contribution in [0.3, 0.4) is 0 Å². The van der Waals surface area contributed by atoms with Crippen LogP contribution in [0.4, 0.5) is 0 Å². The Morgan fingerprint density at radius 1 is 1.67 bits per heavy atom. The van der Waals surface area contributed by atoms with Gasteiger partial charge < -0.3 is 0 Å². The number of hydrogen-bond donors (Lipinski definition) is 0. The van der Waals surface area contributed by atoms with Crippen LogP contribution in [0.25, 0.3) is 0 Å². The average molecular weight is 149 g/mol. The molecule has 1 unspecified atom stereocenters. The summed E-state index contributed by atoms with van der Waals surface area (Å²) < 4.78 is 19.6. The maximum absolute atomic E-state index is 10.5. The monoisotopic (exact) mass is 149 g/mol. The van der Waals surface area contributed by atoms with Crippen molar-refractivity contribution in [2.24, 2.45) is 0 Å². The largest absolute Gasteiger partial charge is 0.749 e. The van der Waals surface area contributed by atoms with Crippen molar-refractivity contribution in [1.29, 1.82) is 0 Å². The summed E-state index contributed by atoms with van der Waals surface area (Å²) in [6.07, 6.45) is 1.02. The van der Waals surface area contributed by atoms with Gasteiger partial charge in [-0.05, 0) is 13.8 Å². The highest BCUT2D eigenvalue weighted by atomic mass is 31.1. The van der Waals surface area contributed by atoms with Crippen LogP contribution in [0, 0.1) is 0 Å². The second-order valence-electron chi connectivity index (χ2n) is 1.65. The molecule has 0 aromatic heterocycles. The summed E-state index contributed by atoms with van der Waals surface area (Å²) >= 11 is 0. The van der Waals surface area contributed by atoms with Crippen LogP contribution in [-0.4, -0.2) is 6.10 Å². The van der Waals surface area contributed by atoms with Crippen LogP contribution >= 0.6 is 8.25 Å². The molecule has 0 aliphatic carbocycles. The summed E-state index contributed by atoms with van der Waals surface area (Å²) in [4.78, 5) is 0. The van der Waals surface area contributed by atoms with E-state index in [9.17, 15) is 4.57 Å². The lowest BCUT2D eigenvalue weighted by molar-refractivity contribution is 0.217. The first-order chi connectivity index (χ1) is 4.16. The van der Waals surface area contributed by atoms with Gasteiger partial charge in [0.05, 0.1) is 0 Å². The van der Waals surface area contributed by atoms with E-state index in [1.165, 1.54) is 0 Å². The van der Waals surface area contributed by atoms with E-state index in [0.29, 0.717) is 0 Å². The third kappa shape index (κ3) is 5.47. The Bertz CT molecular complexity index is 111. The number of rotatable bonds is 4. The third-order valence-electron chi connectivity index (χ3n) is 0.457. The van der Waals surface area contributed by atoms with Gasteiger partial charge in [-0.25, -0.2) is 4.52 Å². The molecule has 0 fully saturated rings. The van der Waals surface area contributed by atoms with E-state index in [1.54, 1.807) is 13.8 Å². The summed E-state index contributed by atoms with van der Waals surface area (Å²) in [7, 11) is -1.99. The standard InChI is InChI=1S/C5H10O3P/c1-4-7-9(6)8-5(2)3/h4-5H,1H2,2-3H3/q+1. The minimum Gasteiger partial charge on any atom is -0.238 e. The van der Waals surface area contributed by atoms with E-state index < -0.39 is 8.25 Å². The van der Waals surface area contributed by atoms with Crippen LogP contribution in [0.5, 0.6) is 0 Å². The van der Waals surface area contributed by atoms with Crippen LogP contribution < -0.4 is 0 Å². The molecule has 1 atom stereocenters. The molecule has 0 rings (SSSR count). The van der Waals surface area contributed by atoms with Gasteiger partial charge >= 0.3 is 8.25 Å². The fourth-order valence-electron chi connectivity index (χ4n) is 0.258. The van der Waals surface area contributed by atoms with E-state index in [1.807, 2.05) is 0 Å². The van der Waals surface area contributed by atoms with Gasteiger partial charge in [-0.3, -0.25) is 0 Å². The summed E-state index contributed by atoms with van der Waals surface area (Å²) in [6.45, 7) is 6.78. The molecule has 0 saturated heterocycles. The molecule has 0 spiro atoms. The molecule has 0 aromatic carbocycles. The Hall–Kier alpha value is -0.400. The predicted octanol–water partition coefficient (Wildman–Crippen LogP) is 2.23.